The molecule has 1 heteroatoms. The molecule has 0 aliphatic heterocycles. The monoisotopic (exact) mass is 154 g/mol. The summed E-state index contributed by atoms with van der Waals surface area (Å²) >= 11 is 0. The molecule has 1 nitrogen and oxygen atoms in total. The second-order valence-corrected chi connectivity index (χ2v) is 3.19. The van der Waals surface area contributed by atoms with Gasteiger partial charge in [-0.1, -0.05) is 25.8 Å². The van der Waals surface area contributed by atoms with Crippen LogP contribution in [0.3, 0.4) is 0 Å². The van der Waals surface area contributed by atoms with Gasteiger partial charge in [-0.2, -0.15) is 0 Å². The van der Waals surface area contributed by atoms with Crippen molar-refractivity contribution in [2.75, 3.05) is 0 Å². The van der Waals surface area contributed by atoms with Crippen molar-refractivity contribution in [3.8, 4) is 0 Å². The zero-order chi connectivity index (χ0) is 8.85. The largest absolute Gasteiger partial charge is 0.295 e. The maximum absolute atomic E-state index is 10.7. The van der Waals surface area contributed by atoms with Gasteiger partial charge >= 0.3 is 0 Å². The van der Waals surface area contributed by atoms with E-state index in [-0.39, 0.29) is 5.78 Å². The van der Waals surface area contributed by atoms with Gasteiger partial charge in [0.05, 0.1) is 0 Å². The predicted octanol–water partition coefficient (Wildman–Crippen LogP) is 2.96. The Kier molecular flexibility index (Phi) is 4.84. The first-order valence-corrected chi connectivity index (χ1v) is 4.26. The Morgan fingerprint density at radius 3 is 2.36 bits per heavy atom. The fourth-order valence-corrected chi connectivity index (χ4v) is 1.12. The van der Waals surface area contributed by atoms with E-state index in [1.165, 1.54) is 18.4 Å². The van der Waals surface area contributed by atoms with Crippen LogP contribution in [0.5, 0.6) is 0 Å². The summed E-state index contributed by atoms with van der Waals surface area (Å²) in [6, 6.07) is 0. The zero-order valence-corrected chi connectivity index (χ0v) is 7.98. The van der Waals surface area contributed by atoms with E-state index in [0.29, 0.717) is 5.92 Å². The van der Waals surface area contributed by atoms with Crippen molar-refractivity contribution in [2.45, 2.75) is 40.5 Å². The van der Waals surface area contributed by atoms with E-state index >= 15 is 0 Å². The summed E-state index contributed by atoms with van der Waals surface area (Å²) in [6.07, 6.45) is 4.10. The van der Waals surface area contributed by atoms with E-state index < -0.39 is 0 Å². The van der Waals surface area contributed by atoms with Crippen molar-refractivity contribution in [3.05, 3.63) is 11.6 Å². The highest BCUT2D eigenvalue weighted by molar-refractivity contribution is 5.87. The van der Waals surface area contributed by atoms with Crippen LogP contribution in [0, 0.1) is 5.92 Å². The van der Waals surface area contributed by atoms with Crippen molar-refractivity contribution < 1.29 is 4.79 Å². The maximum atomic E-state index is 10.7. The van der Waals surface area contributed by atoms with E-state index in [4.69, 9.17) is 0 Å². The molecule has 0 N–H and O–H groups in total. The van der Waals surface area contributed by atoms with Crippen LogP contribution in [-0.4, -0.2) is 5.78 Å². The van der Waals surface area contributed by atoms with Gasteiger partial charge in [-0.3, -0.25) is 4.79 Å². The summed E-state index contributed by atoms with van der Waals surface area (Å²) in [5.74, 6) is 0.717. The van der Waals surface area contributed by atoms with Crippen LogP contribution in [0.4, 0.5) is 0 Å². The lowest BCUT2D eigenvalue weighted by Crippen LogP contribution is -1.97. The average Bonchev–Trinajstić information content (AvgIpc) is 1.86. The minimum Gasteiger partial charge on any atom is -0.295 e. The normalized spacial score (nSPS) is 14.7. The van der Waals surface area contributed by atoms with Gasteiger partial charge in [0.1, 0.15) is 0 Å². The third-order valence-electron chi connectivity index (χ3n) is 1.93. The lowest BCUT2D eigenvalue weighted by Gasteiger charge is -2.09. The lowest BCUT2D eigenvalue weighted by atomic mass is 9.97. The van der Waals surface area contributed by atoms with Crippen LogP contribution in [-0.2, 0) is 4.79 Å². The number of hydrogen-bond donors (Lipinski definition) is 0. The topological polar surface area (TPSA) is 17.1 Å². The van der Waals surface area contributed by atoms with Crippen molar-refractivity contribution in [3.63, 3.8) is 0 Å². The van der Waals surface area contributed by atoms with Gasteiger partial charge in [0.2, 0.25) is 0 Å². The first-order chi connectivity index (χ1) is 5.07. The van der Waals surface area contributed by atoms with Gasteiger partial charge in [0.15, 0.2) is 5.78 Å². The van der Waals surface area contributed by atoms with Crippen LogP contribution < -0.4 is 0 Å². The van der Waals surface area contributed by atoms with Crippen LogP contribution in [0.1, 0.15) is 40.5 Å². The van der Waals surface area contributed by atoms with E-state index in [1.807, 2.05) is 6.92 Å². The Morgan fingerprint density at radius 2 is 2.00 bits per heavy atom. The third-order valence-corrected chi connectivity index (χ3v) is 1.93. The van der Waals surface area contributed by atoms with Crippen LogP contribution >= 0.6 is 0 Å². The number of hydrogen-bond acceptors (Lipinski definition) is 1. The van der Waals surface area contributed by atoms with Gasteiger partial charge in [-0.05, 0) is 32.3 Å². The molecule has 0 fully saturated rings. The molecule has 0 aromatic heterocycles. The molecule has 0 aliphatic rings. The van der Waals surface area contributed by atoms with Crippen molar-refractivity contribution in [1.82, 2.24) is 0 Å². The molecule has 0 saturated heterocycles. The van der Waals surface area contributed by atoms with Crippen molar-refractivity contribution in [2.24, 2.45) is 5.92 Å². The fourth-order valence-electron chi connectivity index (χ4n) is 1.12. The summed E-state index contributed by atoms with van der Waals surface area (Å²) in [5, 5.41) is 0. The number of ketones is 1. The molecule has 0 radical (unpaired) electrons. The second kappa shape index (κ2) is 5.11. The molecule has 0 spiro atoms. The molecule has 64 valence electrons. The fraction of sp³-hybridized carbons (Fsp3) is 0.700. The third kappa shape index (κ3) is 4.77. The molecule has 0 saturated carbocycles. The number of allylic oxidation sites excluding steroid dienone is 2. The first-order valence-electron chi connectivity index (χ1n) is 4.26. The average molecular weight is 154 g/mol. The standard InChI is InChI=1S/C10H18O/c1-5-6-8(2)9(3)7-10(4)11/h7-8H,5-6H2,1-4H3. The van der Waals surface area contributed by atoms with Gasteiger partial charge < -0.3 is 0 Å². The molecule has 0 bridgehead atoms. The Labute approximate surface area is 69.5 Å². The number of carbonyl (C=O) groups excluding carboxylic acids is 1. The molecule has 0 heterocycles. The Balaban J connectivity index is 4.00. The molecule has 0 aliphatic carbocycles. The van der Waals surface area contributed by atoms with Gasteiger partial charge in [0, 0.05) is 0 Å². The summed E-state index contributed by atoms with van der Waals surface area (Å²) < 4.78 is 0. The van der Waals surface area contributed by atoms with Gasteiger partial charge in [-0.15, -0.1) is 0 Å². The van der Waals surface area contributed by atoms with E-state index in [0.717, 1.165) is 0 Å². The summed E-state index contributed by atoms with van der Waals surface area (Å²) in [7, 11) is 0. The highest BCUT2D eigenvalue weighted by Crippen LogP contribution is 2.15. The molecule has 1 unspecified atom stereocenters. The highest BCUT2D eigenvalue weighted by Gasteiger charge is 2.02. The Bertz CT molecular complexity index is 156. The SMILES string of the molecule is CCCC(C)C(C)=CC(C)=O. The van der Waals surface area contributed by atoms with Crippen LogP contribution in [0.15, 0.2) is 11.6 Å². The number of carbonyl (C=O) groups is 1. The summed E-state index contributed by atoms with van der Waals surface area (Å²) in [4.78, 5) is 10.7. The molecule has 0 aromatic carbocycles. The molecule has 0 aromatic rings. The van der Waals surface area contributed by atoms with Crippen LogP contribution in [0.25, 0.3) is 0 Å². The van der Waals surface area contributed by atoms with E-state index in [2.05, 4.69) is 13.8 Å². The lowest BCUT2D eigenvalue weighted by molar-refractivity contribution is -0.112. The first kappa shape index (κ1) is 10.4. The Hall–Kier alpha value is -0.590. The van der Waals surface area contributed by atoms with Gasteiger partial charge in [0.25, 0.3) is 0 Å². The van der Waals surface area contributed by atoms with E-state index in [9.17, 15) is 4.79 Å². The molecule has 0 rings (SSSR count). The van der Waals surface area contributed by atoms with Crippen molar-refractivity contribution in [1.29, 1.82) is 0 Å². The molecule has 1 atom stereocenters. The Morgan fingerprint density at radius 1 is 1.45 bits per heavy atom. The molecular formula is C10H18O. The molecule has 11 heavy (non-hydrogen) atoms. The van der Waals surface area contributed by atoms with Crippen LogP contribution in [0.2, 0.25) is 0 Å². The molecule has 0 amide bonds. The number of rotatable bonds is 4. The highest BCUT2D eigenvalue weighted by atomic mass is 16.1. The summed E-state index contributed by atoms with van der Waals surface area (Å²) in [6.45, 7) is 7.96. The quantitative estimate of drug-likeness (QED) is 0.569. The minimum absolute atomic E-state index is 0.158. The maximum Gasteiger partial charge on any atom is 0.152 e. The van der Waals surface area contributed by atoms with Gasteiger partial charge in [-0.25, -0.2) is 0 Å². The smallest absolute Gasteiger partial charge is 0.152 e. The predicted molar refractivity (Wildman–Crippen MR) is 48.5 cm³/mol. The zero-order valence-electron chi connectivity index (χ0n) is 7.98. The van der Waals surface area contributed by atoms with E-state index in [1.54, 1.807) is 13.0 Å². The van der Waals surface area contributed by atoms with Crippen molar-refractivity contribution >= 4 is 5.78 Å². The minimum atomic E-state index is 0.158. The summed E-state index contributed by atoms with van der Waals surface area (Å²) in [5.41, 5.74) is 1.21. The second-order valence-electron chi connectivity index (χ2n) is 3.19. The molecular weight excluding hydrogens is 136 g/mol.